The quantitative estimate of drug-likeness (QED) is 0.914. The van der Waals surface area contributed by atoms with Crippen LogP contribution in [0.1, 0.15) is 40.7 Å². The summed E-state index contributed by atoms with van der Waals surface area (Å²) in [6.07, 6.45) is 0.936. The average molecular weight is 348 g/mol. The lowest BCUT2D eigenvalue weighted by molar-refractivity contribution is -0.142. The summed E-state index contributed by atoms with van der Waals surface area (Å²) in [7, 11) is 0. The Hall–Kier alpha value is -1.77. The lowest BCUT2D eigenvalue weighted by Gasteiger charge is -2.33. The lowest BCUT2D eigenvalue weighted by Crippen LogP contribution is -2.43. The summed E-state index contributed by atoms with van der Waals surface area (Å²) in [5, 5.41) is 9.05. The van der Waals surface area contributed by atoms with Gasteiger partial charge in [-0.1, -0.05) is 0 Å². The first kappa shape index (κ1) is 15.7. The molecule has 1 fully saturated rings. The minimum absolute atomic E-state index is 0.0989. The van der Waals surface area contributed by atoms with E-state index in [1.165, 1.54) is 10.4 Å². The van der Waals surface area contributed by atoms with Crippen molar-refractivity contribution in [2.45, 2.75) is 32.0 Å². The summed E-state index contributed by atoms with van der Waals surface area (Å²) in [6.45, 7) is 4.12. The number of aromatic nitrogens is 3. The Morgan fingerprint density at radius 2 is 2.38 bits per heavy atom. The minimum atomic E-state index is -0.266. The van der Waals surface area contributed by atoms with Crippen LogP contribution in [0.15, 0.2) is 11.4 Å². The number of H-pyrrole nitrogens is 1. The highest BCUT2D eigenvalue weighted by Crippen LogP contribution is 2.34. The average Bonchev–Trinajstić information content (AvgIpc) is 3.24. The molecule has 2 unspecified atom stereocenters. The molecule has 2 aromatic heterocycles. The van der Waals surface area contributed by atoms with Gasteiger partial charge in [0.2, 0.25) is 5.91 Å². The second-order valence-electron chi connectivity index (χ2n) is 6.10. The van der Waals surface area contributed by atoms with Gasteiger partial charge in [-0.05, 0) is 30.4 Å². The number of aromatic amines is 1. The number of rotatable bonds is 3. The first-order valence-corrected chi connectivity index (χ1v) is 9.05. The van der Waals surface area contributed by atoms with Gasteiger partial charge in [-0.3, -0.25) is 9.89 Å². The van der Waals surface area contributed by atoms with E-state index in [9.17, 15) is 4.79 Å². The van der Waals surface area contributed by atoms with E-state index in [0.29, 0.717) is 38.5 Å². The van der Waals surface area contributed by atoms with Crippen molar-refractivity contribution in [2.75, 3.05) is 26.3 Å². The zero-order chi connectivity index (χ0) is 16.5. The van der Waals surface area contributed by atoms with Crippen molar-refractivity contribution in [1.29, 1.82) is 0 Å². The van der Waals surface area contributed by atoms with E-state index in [1.54, 1.807) is 11.3 Å². The number of morpholine rings is 1. The van der Waals surface area contributed by atoms with Crippen molar-refractivity contribution in [1.82, 2.24) is 20.1 Å². The molecule has 0 spiro atoms. The van der Waals surface area contributed by atoms with Crippen LogP contribution < -0.4 is 0 Å². The molecule has 7 nitrogen and oxygen atoms in total. The molecule has 1 saturated heterocycles. The standard InChI is InChI=1S/C16H20N4O3S/c1-10-17-16(19-18-10)13-9-20(4-6-23-13)14(21)8-12-15-11(2-5-22-12)3-7-24-15/h3,7,12-13H,2,4-6,8-9H2,1H3,(H,17,18,19). The fourth-order valence-corrected chi connectivity index (χ4v) is 4.20. The molecule has 1 amide bonds. The first-order chi connectivity index (χ1) is 11.7. The zero-order valence-electron chi connectivity index (χ0n) is 13.5. The monoisotopic (exact) mass is 348 g/mol. The number of nitrogens with one attached hydrogen (secondary N) is 1. The molecule has 2 aliphatic rings. The number of fused-ring (bicyclic) bond motifs is 1. The molecular formula is C16H20N4O3S. The molecule has 24 heavy (non-hydrogen) atoms. The smallest absolute Gasteiger partial charge is 0.225 e. The molecule has 4 heterocycles. The van der Waals surface area contributed by atoms with Crippen molar-refractivity contribution >= 4 is 17.2 Å². The number of amides is 1. The predicted octanol–water partition coefficient (Wildman–Crippen LogP) is 1.78. The van der Waals surface area contributed by atoms with E-state index < -0.39 is 0 Å². The summed E-state index contributed by atoms with van der Waals surface area (Å²) in [4.78, 5) is 20.1. The Balaban J connectivity index is 1.42. The van der Waals surface area contributed by atoms with Gasteiger partial charge in [-0.15, -0.1) is 11.3 Å². The molecule has 128 valence electrons. The molecule has 0 aromatic carbocycles. The Kier molecular flexibility index (Phi) is 4.34. The number of hydrogen-bond donors (Lipinski definition) is 1. The van der Waals surface area contributed by atoms with Crippen LogP contribution in [0.2, 0.25) is 0 Å². The number of carbonyl (C=O) groups is 1. The van der Waals surface area contributed by atoms with E-state index >= 15 is 0 Å². The molecule has 0 aliphatic carbocycles. The highest BCUT2D eigenvalue weighted by molar-refractivity contribution is 7.10. The van der Waals surface area contributed by atoms with Crippen LogP contribution in [-0.2, 0) is 20.7 Å². The first-order valence-electron chi connectivity index (χ1n) is 8.17. The summed E-state index contributed by atoms with van der Waals surface area (Å²) >= 11 is 1.68. The minimum Gasteiger partial charge on any atom is -0.372 e. The molecule has 1 N–H and O–H groups in total. The number of thiophene rings is 1. The van der Waals surface area contributed by atoms with Gasteiger partial charge < -0.3 is 14.4 Å². The summed E-state index contributed by atoms with van der Waals surface area (Å²) in [5.41, 5.74) is 1.32. The van der Waals surface area contributed by atoms with Crippen molar-refractivity contribution in [2.24, 2.45) is 0 Å². The fourth-order valence-electron chi connectivity index (χ4n) is 3.20. The van der Waals surface area contributed by atoms with Gasteiger partial charge in [0.25, 0.3) is 0 Å². The highest BCUT2D eigenvalue weighted by atomic mass is 32.1. The second-order valence-corrected chi connectivity index (χ2v) is 7.05. The molecule has 0 saturated carbocycles. The summed E-state index contributed by atoms with van der Waals surface area (Å²) in [5.74, 6) is 1.46. The number of ether oxygens (including phenoxy) is 2. The molecule has 2 aromatic rings. The number of aryl methyl sites for hydroxylation is 1. The van der Waals surface area contributed by atoms with Crippen LogP contribution >= 0.6 is 11.3 Å². The number of hydrogen-bond acceptors (Lipinski definition) is 6. The highest BCUT2D eigenvalue weighted by Gasteiger charge is 2.31. The second kappa shape index (κ2) is 6.62. The van der Waals surface area contributed by atoms with Gasteiger partial charge in [0.1, 0.15) is 18.0 Å². The molecule has 2 atom stereocenters. The van der Waals surface area contributed by atoms with Crippen LogP contribution in [0, 0.1) is 6.92 Å². The third kappa shape index (κ3) is 3.09. The summed E-state index contributed by atoms with van der Waals surface area (Å²) < 4.78 is 11.6. The van der Waals surface area contributed by atoms with Gasteiger partial charge in [0.05, 0.1) is 26.2 Å². The van der Waals surface area contributed by atoms with E-state index in [2.05, 4.69) is 26.6 Å². The van der Waals surface area contributed by atoms with Crippen LogP contribution in [0.4, 0.5) is 0 Å². The predicted molar refractivity (Wildman–Crippen MR) is 87.7 cm³/mol. The largest absolute Gasteiger partial charge is 0.372 e. The molecular weight excluding hydrogens is 328 g/mol. The van der Waals surface area contributed by atoms with E-state index in [-0.39, 0.29) is 18.1 Å². The van der Waals surface area contributed by atoms with E-state index in [4.69, 9.17) is 9.47 Å². The molecule has 4 rings (SSSR count). The molecule has 0 bridgehead atoms. The molecule has 8 heteroatoms. The third-order valence-corrected chi connectivity index (χ3v) is 5.50. The van der Waals surface area contributed by atoms with Crippen LogP contribution in [0.3, 0.4) is 0 Å². The SMILES string of the molecule is Cc1nc(C2CN(C(=O)CC3OCCc4ccsc43)CCO2)n[nH]1. The maximum absolute atomic E-state index is 12.7. The van der Waals surface area contributed by atoms with Gasteiger partial charge in [0, 0.05) is 11.4 Å². The Morgan fingerprint density at radius 1 is 1.46 bits per heavy atom. The van der Waals surface area contributed by atoms with Crippen molar-refractivity contribution in [3.8, 4) is 0 Å². The van der Waals surface area contributed by atoms with E-state index in [1.807, 2.05) is 11.8 Å². The van der Waals surface area contributed by atoms with Crippen molar-refractivity contribution in [3.63, 3.8) is 0 Å². The van der Waals surface area contributed by atoms with Gasteiger partial charge >= 0.3 is 0 Å². The third-order valence-electron chi connectivity index (χ3n) is 4.45. The Morgan fingerprint density at radius 3 is 3.21 bits per heavy atom. The van der Waals surface area contributed by atoms with Crippen molar-refractivity contribution < 1.29 is 14.3 Å². The molecule has 2 aliphatic heterocycles. The van der Waals surface area contributed by atoms with Gasteiger partial charge in [-0.2, -0.15) is 5.10 Å². The maximum Gasteiger partial charge on any atom is 0.225 e. The van der Waals surface area contributed by atoms with Gasteiger partial charge in [0.15, 0.2) is 5.82 Å². The Bertz CT molecular complexity index is 728. The van der Waals surface area contributed by atoms with E-state index in [0.717, 1.165) is 12.2 Å². The summed E-state index contributed by atoms with van der Waals surface area (Å²) in [6, 6.07) is 2.14. The van der Waals surface area contributed by atoms with Gasteiger partial charge in [-0.25, -0.2) is 4.98 Å². The van der Waals surface area contributed by atoms with Crippen LogP contribution in [0.25, 0.3) is 0 Å². The normalized spacial score (nSPS) is 24.0. The van der Waals surface area contributed by atoms with Crippen LogP contribution in [0.5, 0.6) is 0 Å². The topological polar surface area (TPSA) is 80.3 Å². The lowest BCUT2D eigenvalue weighted by atomic mass is 10.0. The van der Waals surface area contributed by atoms with Crippen LogP contribution in [-0.4, -0.2) is 52.3 Å². The zero-order valence-corrected chi connectivity index (χ0v) is 14.3. The number of nitrogens with zero attached hydrogens (tertiary/aromatic N) is 3. The number of carbonyl (C=O) groups excluding carboxylic acids is 1. The van der Waals surface area contributed by atoms with Crippen molar-refractivity contribution in [3.05, 3.63) is 33.5 Å². The fraction of sp³-hybridized carbons (Fsp3) is 0.562. The maximum atomic E-state index is 12.7. The Labute approximate surface area is 144 Å². The molecule has 0 radical (unpaired) electrons.